The molecule has 0 aliphatic carbocycles. The third kappa shape index (κ3) is 2.63. The molecule has 0 saturated carbocycles. The second-order valence-electron chi connectivity index (χ2n) is 5.23. The third-order valence-electron chi connectivity index (χ3n) is 3.80. The van der Waals surface area contributed by atoms with Crippen molar-refractivity contribution in [2.24, 2.45) is 0 Å². The second-order valence-corrected chi connectivity index (χ2v) is 5.23. The van der Waals surface area contributed by atoms with Crippen molar-refractivity contribution in [3.05, 3.63) is 46.9 Å². The third-order valence-corrected chi connectivity index (χ3v) is 3.80. The van der Waals surface area contributed by atoms with Crippen LogP contribution in [0.2, 0.25) is 0 Å². The lowest BCUT2D eigenvalue weighted by molar-refractivity contribution is 0.0983. The minimum absolute atomic E-state index is 0. The zero-order valence-corrected chi connectivity index (χ0v) is 13.0. The number of aryl methyl sites for hydroxylation is 2. The average Bonchev–Trinajstić information content (AvgIpc) is 2.77. The molecule has 1 aliphatic rings. The van der Waals surface area contributed by atoms with Crippen LogP contribution in [0.25, 0.3) is 0 Å². The molecule has 3 rings (SSSR count). The molecule has 0 radical (unpaired) electrons. The Morgan fingerprint density at radius 3 is 2.76 bits per heavy atom. The standard InChI is InChI=1S/C16H18N2O2.ClH/c1-10-9-13(11(2)20-10)16(19)18-8-4-5-12-14(17)6-3-7-15(12)18;/h3,6-7,9H,4-5,8,17H2,1-2H3;1H. The highest BCUT2D eigenvalue weighted by molar-refractivity contribution is 6.07. The van der Waals surface area contributed by atoms with Crippen LogP contribution in [0.5, 0.6) is 0 Å². The predicted octanol–water partition coefficient (Wildman–Crippen LogP) is 3.49. The van der Waals surface area contributed by atoms with E-state index in [0.29, 0.717) is 11.3 Å². The van der Waals surface area contributed by atoms with Crippen molar-refractivity contribution in [1.82, 2.24) is 0 Å². The van der Waals surface area contributed by atoms with E-state index in [1.54, 1.807) is 6.07 Å². The number of carbonyl (C=O) groups excluding carboxylic acids is 1. The van der Waals surface area contributed by atoms with Gasteiger partial charge in [-0.2, -0.15) is 0 Å². The lowest BCUT2D eigenvalue weighted by atomic mass is 9.99. The number of hydrogen-bond donors (Lipinski definition) is 1. The summed E-state index contributed by atoms with van der Waals surface area (Å²) in [4.78, 5) is 14.5. The molecule has 0 saturated heterocycles. The number of amides is 1. The van der Waals surface area contributed by atoms with Gasteiger partial charge in [-0.05, 0) is 50.5 Å². The van der Waals surface area contributed by atoms with E-state index in [9.17, 15) is 4.79 Å². The van der Waals surface area contributed by atoms with Gasteiger partial charge in [-0.1, -0.05) is 6.07 Å². The maximum Gasteiger partial charge on any atom is 0.261 e. The van der Waals surface area contributed by atoms with Crippen molar-refractivity contribution in [3.8, 4) is 0 Å². The van der Waals surface area contributed by atoms with Crippen molar-refractivity contribution in [3.63, 3.8) is 0 Å². The molecule has 2 heterocycles. The van der Waals surface area contributed by atoms with E-state index < -0.39 is 0 Å². The summed E-state index contributed by atoms with van der Waals surface area (Å²) in [6, 6.07) is 7.55. The maximum absolute atomic E-state index is 12.7. The average molecular weight is 307 g/mol. The fourth-order valence-corrected chi connectivity index (χ4v) is 2.85. The molecule has 0 spiro atoms. The number of nitrogens with zero attached hydrogens (tertiary/aromatic N) is 1. The Morgan fingerprint density at radius 1 is 1.33 bits per heavy atom. The Kier molecular flexibility index (Phi) is 4.28. The van der Waals surface area contributed by atoms with E-state index in [1.807, 2.05) is 36.9 Å². The van der Waals surface area contributed by atoms with E-state index in [2.05, 4.69) is 0 Å². The van der Waals surface area contributed by atoms with Gasteiger partial charge >= 0.3 is 0 Å². The second kappa shape index (κ2) is 5.82. The molecule has 2 aromatic rings. The van der Waals surface area contributed by atoms with Crippen LogP contribution < -0.4 is 10.6 Å². The van der Waals surface area contributed by atoms with Crippen molar-refractivity contribution in [2.75, 3.05) is 17.2 Å². The highest BCUT2D eigenvalue weighted by atomic mass is 35.5. The van der Waals surface area contributed by atoms with Gasteiger partial charge in [-0.3, -0.25) is 4.79 Å². The van der Waals surface area contributed by atoms with Crippen molar-refractivity contribution < 1.29 is 9.21 Å². The molecule has 4 nitrogen and oxygen atoms in total. The molecular weight excluding hydrogens is 288 g/mol. The number of fused-ring (bicyclic) bond motifs is 1. The highest BCUT2D eigenvalue weighted by Gasteiger charge is 2.26. The molecule has 1 aromatic heterocycles. The van der Waals surface area contributed by atoms with Gasteiger partial charge in [-0.15, -0.1) is 12.4 Å². The summed E-state index contributed by atoms with van der Waals surface area (Å²) >= 11 is 0. The van der Waals surface area contributed by atoms with Crippen LogP contribution in [0.3, 0.4) is 0 Å². The first-order valence-corrected chi connectivity index (χ1v) is 6.84. The van der Waals surface area contributed by atoms with E-state index in [-0.39, 0.29) is 18.3 Å². The molecule has 1 aromatic carbocycles. The maximum atomic E-state index is 12.7. The lowest BCUT2D eigenvalue weighted by Gasteiger charge is -2.30. The van der Waals surface area contributed by atoms with Crippen LogP contribution in [0.15, 0.2) is 28.7 Å². The highest BCUT2D eigenvalue weighted by Crippen LogP contribution is 2.32. The Morgan fingerprint density at radius 2 is 2.10 bits per heavy atom. The van der Waals surface area contributed by atoms with Crippen LogP contribution in [0, 0.1) is 13.8 Å². The summed E-state index contributed by atoms with van der Waals surface area (Å²) in [7, 11) is 0. The number of benzene rings is 1. The first-order chi connectivity index (χ1) is 9.58. The van der Waals surface area contributed by atoms with Gasteiger partial charge in [0.05, 0.1) is 5.56 Å². The van der Waals surface area contributed by atoms with Crippen molar-refractivity contribution in [2.45, 2.75) is 26.7 Å². The smallest absolute Gasteiger partial charge is 0.261 e. The number of carbonyl (C=O) groups is 1. The first kappa shape index (κ1) is 15.4. The van der Waals surface area contributed by atoms with Gasteiger partial charge < -0.3 is 15.1 Å². The zero-order chi connectivity index (χ0) is 14.3. The molecule has 0 unspecified atom stereocenters. The molecule has 2 N–H and O–H groups in total. The number of nitrogens with two attached hydrogens (primary N) is 1. The lowest BCUT2D eigenvalue weighted by Crippen LogP contribution is -2.35. The molecule has 112 valence electrons. The van der Waals surface area contributed by atoms with Crippen molar-refractivity contribution in [1.29, 1.82) is 0 Å². The molecule has 0 atom stereocenters. The summed E-state index contributed by atoms with van der Waals surface area (Å²) in [6.45, 7) is 4.40. The Hall–Kier alpha value is -1.94. The normalized spacial score (nSPS) is 13.5. The SMILES string of the molecule is Cc1cc(C(=O)N2CCCc3c(N)cccc32)c(C)o1.Cl. The topological polar surface area (TPSA) is 59.5 Å². The van der Waals surface area contributed by atoms with Crippen LogP contribution in [0.4, 0.5) is 11.4 Å². The summed E-state index contributed by atoms with van der Waals surface area (Å²) in [5, 5.41) is 0. The van der Waals surface area contributed by atoms with Crippen LogP contribution in [-0.2, 0) is 6.42 Å². The van der Waals surface area contributed by atoms with Crippen molar-refractivity contribution >= 4 is 29.7 Å². The number of hydrogen-bond acceptors (Lipinski definition) is 3. The predicted molar refractivity (Wildman–Crippen MR) is 86.3 cm³/mol. The fourth-order valence-electron chi connectivity index (χ4n) is 2.85. The summed E-state index contributed by atoms with van der Waals surface area (Å²) in [6.07, 6.45) is 1.86. The molecular formula is C16H19ClN2O2. The first-order valence-electron chi connectivity index (χ1n) is 6.84. The molecule has 0 bridgehead atoms. The molecule has 21 heavy (non-hydrogen) atoms. The Bertz CT molecular complexity index is 679. The van der Waals surface area contributed by atoms with E-state index >= 15 is 0 Å². The largest absolute Gasteiger partial charge is 0.466 e. The number of rotatable bonds is 1. The van der Waals surface area contributed by atoms with Crippen LogP contribution >= 0.6 is 12.4 Å². The van der Waals surface area contributed by atoms with Gasteiger partial charge in [0.15, 0.2) is 0 Å². The minimum Gasteiger partial charge on any atom is -0.466 e. The number of furan rings is 1. The van der Waals surface area contributed by atoms with E-state index in [4.69, 9.17) is 10.2 Å². The Labute approximate surface area is 130 Å². The summed E-state index contributed by atoms with van der Waals surface area (Å²) in [5.41, 5.74) is 9.42. The summed E-state index contributed by atoms with van der Waals surface area (Å²) < 4.78 is 5.47. The van der Waals surface area contributed by atoms with Gasteiger partial charge in [0.2, 0.25) is 0 Å². The van der Waals surface area contributed by atoms with Crippen LogP contribution in [-0.4, -0.2) is 12.5 Å². The fraction of sp³-hybridized carbons (Fsp3) is 0.312. The van der Waals surface area contributed by atoms with Crippen LogP contribution in [0.1, 0.15) is 33.9 Å². The van der Waals surface area contributed by atoms with E-state index in [1.165, 1.54) is 0 Å². The van der Waals surface area contributed by atoms with Gasteiger partial charge in [0.1, 0.15) is 11.5 Å². The summed E-state index contributed by atoms with van der Waals surface area (Å²) in [5.74, 6) is 1.42. The number of halogens is 1. The van der Waals surface area contributed by atoms with Gasteiger partial charge in [0, 0.05) is 17.9 Å². The molecule has 1 amide bonds. The molecule has 1 aliphatic heterocycles. The van der Waals surface area contributed by atoms with Gasteiger partial charge in [-0.25, -0.2) is 0 Å². The Balaban J connectivity index is 0.00000161. The zero-order valence-electron chi connectivity index (χ0n) is 12.2. The minimum atomic E-state index is -0.00843. The number of anilines is 2. The molecule has 0 fully saturated rings. The van der Waals surface area contributed by atoms with Gasteiger partial charge in [0.25, 0.3) is 5.91 Å². The number of nitrogen functional groups attached to an aromatic ring is 1. The quantitative estimate of drug-likeness (QED) is 0.820. The monoisotopic (exact) mass is 306 g/mol. The van der Waals surface area contributed by atoms with E-state index in [0.717, 1.165) is 42.1 Å². The molecule has 5 heteroatoms.